The van der Waals surface area contributed by atoms with Crippen LogP contribution in [0.4, 0.5) is 5.69 Å². The maximum absolute atomic E-state index is 5.32. The molecule has 0 N–H and O–H groups in total. The fourth-order valence-electron chi connectivity index (χ4n) is 6.10. The molecule has 1 aromatic heterocycles. The summed E-state index contributed by atoms with van der Waals surface area (Å²) < 4.78 is 2.04. The Morgan fingerprint density at radius 3 is 1.28 bits per heavy atom. The Balaban J connectivity index is 0.000000272. The van der Waals surface area contributed by atoms with Crippen LogP contribution in [0.2, 0.25) is 0 Å². The van der Waals surface area contributed by atoms with E-state index >= 15 is 0 Å². The summed E-state index contributed by atoms with van der Waals surface area (Å²) in [6.45, 7) is 15.6. The van der Waals surface area contributed by atoms with Crippen molar-refractivity contribution in [3.63, 3.8) is 0 Å². The Bertz CT molecular complexity index is 2220. The molecule has 8 rings (SSSR count). The molecule has 0 fully saturated rings. The van der Waals surface area contributed by atoms with Crippen molar-refractivity contribution in [2.45, 2.75) is 25.8 Å². The second kappa shape index (κ2) is 23.8. The normalized spacial score (nSPS) is 10.5. The summed E-state index contributed by atoms with van der Waals surface area (Å²) in [5, 5.41) is 5.32. The summed E-state index contributed by atoms with van der Waals surface area (Å²) in [7, 11) is 4.48. The van der Waals surface area contributed by atoms with E-state index < -0.39 is 0 Å². The maximum atomic E-state index is 5.32. The van der Waals surface area contributed by atoms with Gasteiger partial charge in [0, 0.05) is 7.05 Å². The van der Waals surface area contributed by atoms with E-state index in [9.17, 15) is 0 Å². The van der Waals surface area contributed by atoms with Gasteiger partial charge in [-0.3, -0.25) is 0 Å². The molecule has 0 saturated heterocycles. The minimum absolute atomic E-state index is 0. The molecule has 0 amide bonds. The topological polar surface area (TPSA) is 18.0 Å². The molecular formula is C55H52HfN2. The standard InChI is InChI=1S/C34H31N2.3C7H7.Hf/c1-25(2)26-21-23-29(24-22-26)35-34(31-18-11-10-17-30(31)27-13-6-4-7-14-27)33-20-12-19-32(36(33)3)28-15-8-5-9-16-28;3*1-7-5-3-2-4-6-7;/h4-25,34H,3H2,1-2H3;3*2-6H,1H2;/q4*-1;+4. The first-order valence-corrected chi connectivity index (χ1v) is 19.3. The number of aromatic nitrogens is 1. The third kappa shape index (κ3) is 13.8. The number of nitrogens with zero attached hydrogens (tertiary/aromatic N) is 2. The van der Waals surface area contributed by atoms with Crippen molar-refractivity contribution >= 4 is 5.69 Å². The largest absolute Gasteiger partial charge is 4.00 e. The maximum Gasteiger partial charge on any atom is 4.00 e. The fraction of sp³-hybridized carbons (Fsp3) is 0.0727. The van der Waals surface area contributed by atoms with E-state index in [-0.39, 0.29) is 31.9 Å². The Kier molecular flexibility index (Phi) is 18.3. The van der Waals surface area contributed by atoms with Gasteiger partial charge in [0.1, 0.15) is 5.69 Å². The summed E-state index contributed by atoms with van der Waals surface area (Å²) in [5.74, 6) is 0.484. The summed E-state index contributed by atoms with van der Waals surface area (Å²) in [5.41, 5.74) is 12.2. The van der Waals surface area contributed by atoms with E-state index in [1.165, 1.54) is 16.7 Å². The molecule has 0 spiro atoms. The van der Waals surface area contributed by atoms with Gasteiger partial charge in [-0.1, -0.05) is 165 Å². The predicted octanol–water partition coefficient (Wildman–Crippen LogP) is 14.5. The zero-order chi connectivity index (χ0) is 40.2. The van der Waals surface area contributed by atoms with Crippen LogP contribution >= 0.6 is 0 Å². The number of rotatable bonds is 7. The van der Waals surface area contributed by atoms with Gasteiger partial charge in [-0.25, -0.2) is 0 Å². The predicted molar refractivity (Wildman–Crippen MR) is 243 cm³/mol. The van der Waals surface area contributed by atoms with Crippen molar-refractivity contribution < 1.29 is 30.4 Å². The monoisotopic (exact) mass is 920 g/mol. The summed E-state index contributed by atoms with van der Waals surface area (Å²) in [4.78, 5) is 0. The van der Waals surface area contributed by atoms with E-state index in [4.69, 9.17) is 5.32 Å². The van der Waals surface area contributed by atoms with E-state index in [1.54, 1.807) is 0 Å². The van der Waals surface area contributed by atoms with E-state index in [2.05, 4.69) is 163 Å². The number of hydrogen-bond donors (Lipinski definition) is 0. The molecule has 0 aliphatic carbocycles. The molecule has 7 aromatic carbocycles. The average molecular weight is 920 g/mol. The molecule has 8 aromatic rings. The smallest absolute Gasteiger partial charge is 0.680 e. The minimum atomic E-state index is -0.229. The van der Waals surface area contributed by atoms with Crippen LogP contribution in [-0.2, 0) is 25.8 Å². The minimum Gasteiger partial charge on any atom is -0.680 e. The molecule has 3 heteroatoms. The first-order valence-electron chi connectivity index (χ1n) is 19.3. The van der Waals surface area contributed by atoms with Gasteiger partial charge in [0.2, 0.25) is 0 Å². The average Bonchev–Trinajstić information content (AvgIpc) is 3.25. The van der Waals surface area contributed by atoms with Crippen LogP contribution in [0.3, 0.4) is 0 Å². The quantitative estimate of drug-likeness (QED) is 0.0861. The van der Waals surface area contributed by atoms with Crippen molar-refractivity contribution in [3.8, 4) is 22.4 Å². The first-order chi connectivity index (χ1) is 27.8. The third-order valence-corrected chi connectivity index (χ3v) is 9.18. The SMILES string of the molecule is [CH2-][n+]1c(-c2ccccc2)cccc1C([N-]c1ccc(C(C)C)cc1)c1ccccc1-c1ccccc1.[CH2-]c1ccccc1.[CH2-]c1ccccc1.[CH2-]c1ccccc1.[Hf+4]. The molecule has 0 bridgehead atoms. The molecule has 1 atom stereocenters. The molecular weight excluding hydrogens is 867 g/mol. The Morgan fingerprint density at radius 1 is 0.431 bits per heavy atom. The van der Waals surface area contributed by atoms with Gasteiger partial charge in [0.25, 0.3) is 0 Å². The van der Waals surface area contributed by atoms with Crippen molar-refractivity contribution in [2.75, 3.05) is 0 Å². The molecule has 2 nitrogen and oxygen atoms in total. The van der Waals surface area contributed by atoms with Gasteiger partial charge in [-0.15, -0.1) is 42.1 Å². The molecule has 1 heterocycles. The molecule has 1 unspecified atom stereocenters. The zero-order valence-electron chi connectivity index (χ0n) is 33.7. The Hall–Kier alpha value is -6.16. The van der Waals surface area contributed by atoms with Gasteiger partial charge in [-0.05, 0) is 34.2 Å². The molecule has 0 aliphatic rings. The first kappa shape index (κ1) is 44.6. The Morgan fingerprint density at radius 2 is 0.845 bits per heavy atom. The number of benzene rings is 7. The van der Waals surface area contributed by atoms with Crippen molar-refractivity contribution in [2.24, 2.45) is 0 Å². The molecule has 0 aliphatic heterocycles. The van der Waals surface area contributed by atoms with Crippen LogP contribution in [0, 0.1) is 27.8 Å². The van der Waals surface area contributed by atoms with Crippen LogP contribution in [0.5, 0.6) is 0 Å². The van der Waals surface area contributed by atoms with Gasteiger partial charge in [-0.2, -0.15) is 73.9 Å². The molecule has 0 saturated carbocycles. The fourth-order valence-corrected chi connectivity index (χ4v) is 6.10. The van der Waals surface area contributed by atoms with Gasteiger partial charge in [0.15, 0.2) is 0 Å². The second-order valence-corrected chi connectivity index (χ2v) is 13.8. The van der Waals surface area contributed by atoms with Crippen LogP contribution in [-0.4, -0.2) is 0 Å². The van der Waals surface area contributed by atoms with Crippen molar-refractivity contribution in [1.82, 2.24) is 0 Å². The van der Waals surface area contributed by atoms with E-state index in [0.717, 1.165) is 44.9 Å². The molecule has 0 radical (unpaired) electrons. The van der Waals surface area contributed by atoms with Gasteiger partial charge in [0.05, 0.1) is 5.69 Å². The van der Waals surface area contributed by atoms with Crippen LogP contribution in [0.1, 0.15) is 59.3 Å². The number of hydrogen-bond acceptors (Lipinski definition) is 0. The summed E-state index contributed by atoms with van der Waals surface area (Å²) in [6.07, 6.45) is 0. The van der Waals surface area contributed by atoms with Crippen LogP contribution in [0.25, 0.3) is 27.7 Å². The van der Waals surface area contributed by atoms with Gasteiger partial charge >= 0.3 is 25.8 Å². The van der Waals surface area contributed by atoms with Gasteiger partial charge < -0.3 is 9.88 Å². The van der Waals surface area contributed by atoms with Crippen LogP contribution < -0.4 is 4.57 Å². The summed E-state index contributed by atoms with van der Waals surface area (Å²) in [6, 6.07) is 73.9. The Labute approximate surface area is 367 Å². The van der Waals surface area contributed by atoms with E-state index in [1.807, 2.05) is 102 Å². The summed E-state index contributed by atoms with van der Waals surface area (Å²) >= 11 is 0. The zero-order valence-corrected chi connectivity index (χ0v) is 37.3. The van der Waals surface area contributed by atoms with Crippen molar-refractivity contribution in [1.29, 1.82) is 0 Å². The van der Waals surface area contributed by atoms with Crippen LogP contribution in [0.15, 0.2) is 218 Å². The molecule has 58 heavy (non-hydrogen) atoms. The molecule has 286 valence electrons. The van der Waals surface area contributed by atoms with E-state index in [0.29, 0.717) is 5.92 Å². The van der Waals surface area contributed by atoms with Crippen molar-refractivity contribution in [3.05, 3.63) is 285 Å². The second-order valence-electron chi connectivity index (χ2n) is 13.8. The number of pyridine rings is 1. The third-order valence-electron chi connectivity index (χ3n) is 9.18.